The van der Waals surface area contributed by atoms with Gasteiger partial charge < -0.3 is 15.1 Å². The molecular formula is C16H14ClF4N5S. The molecule has 0 radical (unpaired) electrons. The van der Waals surface area contributed by atoms with E-state index in [2.05, 4.69) is 15.3 Å². The molecule has 144 valence electrons. The summed E-state index contributed by atoms with van der Waals surface area (Å²) in [7, 11) is 0. The Kier molecular flexibility index (Phi) is 5.66. The minimum absolute atomic E-state index is 0.0192. The number of hydrogen-bond acceptors (Lipinski definition) is 4. The van der Waals surface area contributed by atoms with E-state index in [1.807, 2.05) is 4.90 Å². The number of thiocarbonyl (C=S) groups is 1. The fourth-order valence-corrected chi connectivity index (χ4v) is 3.03. The average molecular weight is 420 g/mol. The van der Waals surface area contributed by atoms with Gasteiger partial charge in [-0.25, -0.2) is 14.4 Å². The maximum absolute atomic E-state index is 13.2. The molecule has 2 heterocycles. The number of anilines is 2. The molecule has 1 aliphatic rings. The van der Waals surface area contributed by atoms with Crippen molar-refractivity contribution < 1.29 is 17.6 Å². The number of nitrogens with zero attached hydrogens (tertiary/aromatic N) is 4. The van der Waals surface area contributed by atoms with E-state index in [4.69, 9.17) is 23.8 Å². The zero-order valence-corrected chi connectivity index (χ0v) is 15.4. The summed E-state index contributed by atoms with van der Waals surface area (Å²) in [6, 6.07) is 5.01. The lowest BCUT2D eigenvalue weighted by atomic mass is 10.3. The van der Waals surface area contributed by atoms with Gasteiger partial charge in [0.1, 0.15) is 11.5 Å². The Morgan fingerprint density at radius 1 is 1.15 bits per heavy atom. The Labute approximate surface area is 163 Å². The van der Waals surface area contributed by atoms with Crippen LogP contribution in [0.4, 0.5) is 29.2 Å². The fourth-order valence-electron chi connectivity index (χ4n) is 2.54. The molecule has 0 amide bonds. The second-order valence-electron chi connectivity index (χ2n) is 5.77. The first-order valence-electron chi connectivity index (χ1n) is 7.90. The summed E-state index contributed by atoms with van der Waals surface area (Å²) in [5.74, 6) is -0.489. The molecule has 0 aliphatic carbocycles. The van der Waals surface area contributed by atoms with E-state index in [-0.39, 0.29) is 11.0 Å². The van der Waals surface area contributed by atoms with Gasteiger partial charge in [0.15, 0.2) is 5.11 Å². The molecule has 3 rings (SSSR count). The predicted octanol–water partition coefficient (Wildman–Crippen LogP) is 3.81. The highest BCUT2D eigenvalue weighted by molar-refractivity contribution is 7.80. The van der Waals surface area contributed by atoms with Crippen LogP contribution in [-0.2, 0) is 6.18 Å². The zero-order valence-electron chi connectivity index (χ0n) is 13.8. The lowest BCUT2D eigenvalue weighted by molar-refractivity contribution is -0.141. The Morgan fingerprint density at radius 2 is 1.85 bits per heavy atom. The molecule has 5 nitrogen and oxygen atoms in total. The number of hydrogen-bond donors (Lipinski definition) is 1. The number of alkyl halides is 3. The van der Waals surface area contributed by atoms with Crippen LogP contribution >= 0.6 is 23.8 Å². The van der Waals surface area contributed by atoms with Gasteiger partial charge in [0.25, 0.3) is 0 Å². The molecule has 0 saturated carbocycles. The molecule has 0 atom stereocenters. The molecule has 1 saturated heterocycles. The third-order valence-corrected chi connectivity index (χ3v) is 4.60. The molecule has 1 aromatic carbocycles. The quantitative estimate of drug-likeness (QED) is 0.590. The molecular weight excluding hydrogens is 406 g/mol. The lowest BCUT2D eigenvalue weighted by Gasteiger charge is -2.36. The van der Waals surface area contributed by atoms with Crippen LogP contribution in [-0.4, -0.2) is 46.2 Å². The van der Waals surface area contributed by atoms with Crippen LogP contribution < -0.4 is 10.2 Å². The van der Waals surface area contributed by atoms with Crippen LogP contribution in [0.3, 0.4) is 0 Å². The summed E-state index contributed by atoms with van der Waals surface area (Å²) in [6.45, 7) is 1.77. The van der Waals surface area contributed by atoms with Crippen LogP contribution in [0.2, 0.25) is 5.02 Å². The number of piperazine rings is 1. The molecule has 11 heteroatoms. The van der Waals surface area contributed by atoms with Crippen molar-refractivity contribution in [3.8, 4) is 0 Å². The van der Waals surface area contributed by atoms with Crippen LogP contribution in [0.15, 0.2) is 30.5 Å². The summed E-state index contributed by atoms with van der Waals surface area (Å²) in [6.07, 6.45) is -3.41. The first-order chi connectivity index (χ1) is 12.7. The first kappa shape index (κ1) is 19.6. The van der Waals surface area contributed by atoms with Gasteiger partial charge in [-0.1, -0.05) is 11.6 Å². The molecule has 0 unspecified atom stereocenters. The summed E-state index contributed by atoms with van der Waals surface area (Å²) in [5, 5.41) is 3.37. The Morgan fingerprint density at radius 3 is 2.48 bits per heavy atom. The van der Waals surface area contributed by atoms with E-state index in [9.17, 15) is 17.6 Å². The van der Waals surface area contributed by atoms with E-state index >= 15 is 0 Å². The summed E-state index contributed by atoms with van der Waals surface area (Å²) in [5.41, 5.74) is -0.421. The van der Waals surface area contributed by atoms with Gasteiger partial charge in [-0.05, 0) is 36.5 Å². The van der Waals surface area contributed by atoms with Crippen molar-refractivity contribution in [3.05, 3.63) is 47.0 Å². The van der Waals surface area contributed by atoms with E-state index < -0.39 is 17.7 Å². The molecule has 1 fully saturated rings. The molecule has 1 aliphatic heterocycles. The van der Waals surface area contributed by atoms with Gasteiger partial charge in [-0.2, -0.15) is 13.2 Å². The Bertz CT molecular complexity index is 840. The van der Waals surface area contributed by atoms with Crippen molar-refractivity contribution in [2.45, 2.75) is 6.18 Å². The minimum Gasteiger partial charge on any atom is -0.345 e. The molecule has 2 aromatic rings. The van der Waals surface area contributed by atoms with Gasteiger partial charge >= 0.3 is 6.18 Å². The summed E-state index contributed by atoms with van der Waals surface area (Å²) >= 11 is 11.1. The van der Waals surface area contributed by atoms with Gasteiger partial charge in [-0.3, -0.25) is 0 Å². The van der Waals surface area contributed by atoms with Crippen molar-refractivity contribution in [2.24, 2.45) is 0 Å². The Balaban J connectivity index is 1.60. The van der Waals surface area contributed by atoms with Gasteiger partial charge in [0.2, 0.25) is 5.95 Å². The van der Waals surface area contributed by atoms with E-state index in [0.717, 1.165) is 12.3 Å². The SMILES string of the molecule is Fc1ccc(NC(=S)N2CCN(c3nccc(C(F)(F)F)n3)CC2)cc1Cl. The molecule has 27 heavy (non-hydrogen) atoms. The normalized spacial score (nSPS) is 15.0. The lowest BCUT2D eigenvalue weighted by Crippen LogP contribution is -2.50. The maximum Gasteiger partial charge on any atom is 0.433 e. The first-order valence-corrected chi connectivity index (χ1v) is 8.69. The standard InChI is InChI=1S/C16H14ClF4N5S/c17-11-9-10(1-2-12(11)18)23-15(27)26-7-5-25(6-8-26)14-22-4-3-13(24-14)16(19,20)21/h1-4,9H,5-8H2,(H,23,27). The Hall–Kier alpha value is -2.20. The van der Waals surface area contributed by atoms with Crippen LogP contribution in [0.5, 0.6) is 0 Å². The van der Waals surface area contributed by atoms with E-state index in [1.165, 1.54) is 18.2 Å². The number of benzene rings is 1. The molecule has 1 aromatic heterocycles. The summed E-state index contributed by atoms with van der Waals surface area (Å²) in [4.78, 5) is 11.1. The second kappa shape index (κ2) is 7.81. The number of nitrogens with one attached hydrogen (secondary N) is 1. The molecule has 0 spiro atoms. The van der Waals surface area contributed by atoms with Crippen LogP contribution in [0.1, 0.15) is 5.69 Å². The maximum atomic E-state index is 13.2. The van der Waals surface area contributed by atoms with Crippen molar-refractivity contribution >= 4 is 40.6 Å². The smallest absolute Gasteiger partial charge is 0.345 e. The van der Waals surface area contributed by atoms with E-state index in [0.29, 0.717) is 37.0 Å². The highest BCUT2D eigenvalue weighted by atomic mass is 35.5. The second-order valence-corrected chi connectivity index (χ2v) is 6.57. The number of aromatic nitrogens is 2. The zero-order chi connectivity index (χ0) is 19.6. The van der Waals surface area contributed by atoms with Crippen molar-refractivity contribution in [3.63, 3.8) is 0 Å². The van der Waals surface area contributed by atoms with Crippen molar-refractivity contribution in [1.82, 2.24) is 14.9 Å². The number of halogens is 5. The topological polar surface area (TPSA) is 44.3 Å². The minimum atomic E-state index is -4.51. The monoisotopic (exact) mass is 419 g/mol. The third-order valence-electron chi connectivity index (χ3n) is 3.95. The molecule has 0 bridgehead atoms. The van der Waals surface area contributed by atoms with Crippen LogP contribution in [0.25, 0.3) is 0 Å². The summed E-state index contributed by atoms with van der Waals surface area (Å²) < 4.78 is 51.6. The van der Waals surface area contributed by atoms with Crippen molar-refractivity contribution in [1.29, 1.82) is 0 Å². The fraction of sp³-hybridized carbons (Fsp3) is 0.312. The highest BCUT2D eigenvalue weighted by Crippen LogP contribution is 2.28. The highest BCUT2D eigenvalue weighted by Gasteiger charge is 2.33. The predicted molar refractivity (Wildman–Crippen MR) is 98.5 cm³/mol. The van der Waals surface area contributed by atoms with Gasteiger partial charge in [-0.15, -0.1) is 0 Å². The third kappa shape index (κ3) is 4.75. The van der Waals surface area contributed by atoms with Crippen molar-refractivity contribution in [2.75, 3.05) is 36.4 Å². The largest absolute Gasteiger partial charge is 0.433 e. The van der Waals surface area contributed by atoms with Crippen LogP contribution in [0, 0.1) is 5.82 Å². The van der Waals surface area contributed by atoms with Gasteiger partial charge in [0.05, 0.1) is 5.02 Å². The van der Waals surface area contributed by atoms with Gasteiger partial charge in [0, 0.05) is 38.1 Å². The number of rotatable bonds is 2. The average Bonchev–Trinajstić information content (AvgIpc) is 2.64. The van der Waals surface area contributed by atoms with E-state index in [1.54, 1.807) is 4.90 Å². The molecule has 1 N–H and O–H groups in total.